The monoisotopic (exact) mass is 625 g/mol. The van der Waals surface area contributed by atoms with E-state index in [9.17, 15) is 9.90 Å². The number of carbonyl (C=O) groups is 1. The number of amides is 1. The number of thioether (sulfide) groups is 1. The van der Waals surface area contributed by atoms with Crippen molar-refractivity contribution in [2.45, 2.75) is 30.8 Å². The van der Waals surface area contributed by atoms with Crippen LogP contribution >= 0.6 is 39.3 Å². The fourth-order valence-corrected chi connectivity index (χ4v) is 5.86. The molecule has 11 heteroatoms. The maximum absolute atomic E-state index is 13.7. The molecule has 3 N–H and O–H groups in total. The van der Waals surface area contributed by atoms with E-state index in [2.05, 4.69) is 26.6 Å². The van der Waals surface area contributed by atoms with Gasteiger partial charge in [-0.25, -0.2) is 4.68 Å². The number of anilines is 2. The zero-order chi connectivity index (χ0) is 27.5. The van der Waals surface area contributed by atoms with Crippen LogP contribution in [0.5, 0.6) is 11.5 Å². The zero-order valence-electron chi connectivity index (χ0n) is 21.1. The topological polar surface area (TPSA) is 101 Å². The fourth-order valence-electron chi connectivity index (χ4n) is 4.29. The summed E-state index contributed by atoms with van der Waals surface area (Å²) in [5.74, 6) is 1.08. The van der Waals surface area contributed by atoms with Gasteiger partial charge in [0.05, 0.1) is 16.7 Å². The molecule has 200 valence electrons. The lowest BCUT2D eigenvalue weighted by atomic mass is 9.94. The Labute approximate surface area is 243 Å². The summed E-state index contributed by atoms with van der Waals surface area (Å²) in [6.45, 7) is 4.04. The van der Waals surface area contributed by atoms with Gasteiger partial charge in [-0.3, -0.25) is 4.79 Å². The summed E-state index contributed by atoms with van der Waals surface area (Å²) in [5, 5.41) is 22.8. The first-order valence-corrected chi connectivity index (χ1v) is 14.3. The molecule has 1 atom stereocenters. The van der Waals surface area contributed by atoms with Crippen LogP contribution in [0.15, 0.2) is 87.6 Å². The van der Waals surface area contributed by atoms with E-state index in [1.54, 1.807) is 16.8 Å². The highest BCUT2D eigenvalue weighted by Gasteiger charge is 2.35. The minimum absolute atomic E-state index is 0.0136. The number of aromatic hydroxyl groups is 1. The van der Waals surface area contributed by atoms with Gasteiger partial charge >= 0.3 is 0 Å². The van der Waals surface area contributed by atoms with Crippen molar-refractivity contribution in [1.82, 2.24) is 14.8 Å². The number of aromatic nitrogens is 3. The lowest BCUT2D eigenvalue weighted by Crippen LogP contribution is -2.31. The second-order valence-corrected chi connectivity index (χ2v) is 10.9. The molecular formula is C28H25BrClN5O3S. The lowest BCUT2D eigenvalue weighted by Gasteiger charge is -2.29. The van der Waals surface area contributed by atoms with Gasteiger partial charge in [-0.2, -0.15) is 4.98 Å². The summed E-state index contributed by atoms with van der Waals surface area (Å²) in [4.78, 5) is 18.4. The van der Waals surface area contributed by atoms with Crippen LogP contribution in [0.3, 0.4) is 0 Å². The summed E-state index contributed by atoms with van der Waals surface area (Å²) >= 11 is 11.2. The summed E-state index contributed by atoms with van der Waals surface area (Å²) < 4.78 is 7.82. The van der Waals surface area contributed by atoms with Gasteiger partial charge in [0, 0.05) is 22.2 Å². The van der Waals surface area contributed by atoms with Gasteiger partial charge in [0.15, 0.2) is 11.5 Å². The molecule has 3 aromatic carbocycles. The van der Waals surface area contributed by atoms with Gasteiger partial charge in [0.25, 0.3) is 5.91 Å². The summed E-state index contributed by atoms with van der Waals surface area (Å²) in [5.41, 5.74) is 3.43. The third-order valence-corrected chi connectivity index (χ3v) is 7.95. The van der Waals surface area contributed by atoms with E-state index in [0.717, 1.165) is 5.56 Å². The lowest BCUT2D eigenvalue weighted by molar-refractivity contribution is -0.113. The normalized spacial score (nSPS) is 14.5. The third-order valence-electron chi connectivity index (χ3n) is 6.09. The van der Waals surface area contributed by atoms with Crippen LogP contribution < -0.4 is 15.4 Å². The molecule has 1 amide bonds. The highest BCUT2D eigenvalue weighted by Crippen LogP contribution is 2.43. The Balaban J connectivity index is 1.56. The number of allylic oxidation sites excluding steroid dienone is 1. The Morgan fingerprint density at radius 2 is 1.95 bits per heavy atom. The third kappa shape index (κ3) is 5.78. The molecule has 1 unspecified atom stereocenters. The highest BCUT2D eigenvalue weighted by molar-refractivity contribution is 9.10. The van der Waals surface area contributed by atoms with Gasteiger partial charge < -0.3 is 20.5 Å². The van der Waals surface area contributed by atoms with Gasteiger partial charge in [0.1, 0.15) is 6.04 Å². The number of phenols is 1. The van der Waals surface area contributed by atoms with Crippen LogP contribution in [0.1, 0.15) is 31.0 Å². The molecular weight excluding hydrogens is 602 g/mol. The molecule has 0 spiro atoms. The number of fused-ring (bicyclic) bond motifs is 1. The van der Waals surface area contributed by atoms with Crippen LogP contribution in [0.4, 0.5) is 11.6 Å². The highest BCUT2D eigenvalue weighted by atomic mass is 79.9. The van der Waals surface area contributed by atoms with Crippen molar-refractivity contribution >= 4 is 56.8 Å². The van der Waals surface area contributed by atoms with Crippen LogP contribution in [-0.4, -0.2) is 32.4 Å². The van der Waals surface area contributed by atoms with Crippen LogP contribution in [0.2, 0.25) is 5.02 Å². The summed E-state index contributed by atoms with van der Waals surface area (Å²) in [6, 6.07) is 19.7. The Morgan fingerprint density at radius 3 is 2.69 bits per heavy atom. The van der Waals surface area contributed by atoms with E-state index in [1.165, 1.54) is 11.8 Å². The molecule has 0 aliphatic carbocycles. The second-order valence-electron chi connectivity index (χ2n) is 8.71. The average Bonchev–Trinajstić information content (AvgIpc) is 3.32. The molecule has 0 saturated carbocycles. The van der Waals surface area contributed by atoms with Crippen LogP contribution in [0, 0.1) is 0 Å². The second kappa shape index (κ2) is 11.7. The Morgan fingerprint density at radius 1 is 1.21 bits per heavy atom. The molecule has 1 aliphatic rings. The van der Waals surface area contributed by atoms with E-state index in [1.807, 2.05) is 68.4 Å². The van der Waals surface area contributed by atoms with E-state index < -0.39 is 6.04 Å². The van der Waals surface area contributed by atoms with Gasteiger partial charge in [0.2, 0.25) is 11.1 Å². The predicted octanol–water partition coefficient (Wildman–Crippen LogP) is 7.02. The van der Waals surface area contributed by atoms with Crippen LogP contribution in [-0.2, 0) is 10.5 Å². The number of para-hydroxylation sites is 1. The van der Waals surface area contributed by atoms with Crippen molar-refractivity contribution in [2.24, 2.45) is 0 Å². The van der Waals surface area contributed by atoms with E-state index in [4.69, 9.17) is 26.4 Å². The maximum Gasteiger partial charge on any atom is 0.255 e. The number of hydrogen-bond acceptors (Lipinski definition) is 7. The number of carbonyl (C=O) groups excluding carboxylic acids is 1. The number of phenolic OH excluding ortho intramolecular Hbond substituents is 1. The van der Waals surface area contributed by atoms with E-state index in [0.29, 0.717) is 61.2 Å². The quantitative estimate of drug-likeness (QED) is 0.181. The Bertz CT molecular complexity index is 1560. The molecule has 0 fully saturated rings. The van der Waals surface area contributed by atoms with E-state index in [-0.39, 0.29) is 11.7 Å². The van der Waals surface area contributed by atoms with Gasteiger partial charge in [-0.05, 0) is 71.2 Å². The molecule has 0 saturated heterocycles. The van der Waals surface area contributed by atoms with Gasteiger partial charge in [-0.1, -0.05) is 59.8 Å². The number of nitrogens with one attached hydrogen (secondary N) is 2. The van der Waals surface area contributed by atoms with Crippen molar-refractivity contribution in [3.05, 3.63) is 98.6 Å². The zero-order valence-corrected chi connectivity index (χ0v) is 24.3. The van der Waals surface area contributed by atoms with Crippen molar-refractivity contribution < 1.29 is 14.6 Å². The first-order valence-electron chi connectivity index (χ1n) is 12.2. The molecule has 1 aliphatic heterocycles. The Hall–Kier alpha value is -3.47. The Kier molecular flexibility index (Phi) is 8.15. The molecule has 1 aromatic heterocycles. The average molecular weight is 627 g/mol. The number of hydrogen-bond donors (Lipinski definition) is 3. The first-order chi connectivity index (χ1) is 18.9. The standard InChI is InChI=1S/C28H25BrClN5O3S/c1-3-38-22-14-18(13-20(29)25(22)36)24-23(26(37)32-19-10-5-4-6-11-19)16(2)31-27-33-28(34-35(24)27)39-15-17-9-7-8-12-21(17)30/h4-14,24,36H,3,15H2,1-2H3,(H,32,37)(H,31,33,34). The molecule has 0 radical (unpaired) electrons. The molecule has 4 aromatic rings. The summed E-state index contributed by atoms with van der Waals surface area (Å²) in [7, 11) is 0. The summed E-state index contributed by atoms with van der Waals surface area (Å²) in [6.07, 6.45) is 0. The van der Waals surface area contributed by atoms with E-state index >= 15 is 0 Å². The first kappa shape index (κ1) is 27.1. The molecule has 39 heavy (non-hydrogen) atoms. The number of rotatable bonds is 8. The van der Waals surface area contributed by atoms with Crippen molar-refractivity contribution in [1.29, 1.82) is 0 Å². The number of nitrogens with zero attached hydrogens (tertiary/aromatic N) is 3. The number of benzene rings is 3. The van der Waals surface area contributed by atoms with Crippen molar-refractivity contribution in [3.8, 4) is 11.5 Å². The van der Waals surface area contributed by atoms with Crippen molar-refractivity contribution in [2.75, 3.05) is 17.2 Å². The van der Waals surface area contributed by atoms with Crippen molar-refractivity contribution in [3.63, 3.8) is 0 Å². The molecule has 2 heterocycles. The minimum atomic E-state index is -0.650. The maximum atomic E-state index is 13.7. The van der Waals surface area contributed by atoms with Gasteiger partial charge in [-0.15, -0.1) is 5.10 Å². The fraction of sp³-hybridized carbons (Fsp3) is 0.179. The largest absolute Gasteiger partial charge is 0.503 e. The number of halogens is 2. The molecule has 0 bridgehead atoms. The molecule has 8 nitrogen and oxygen atoms in total. The molecule has 5 rings (SSSR count). The minimum Gasteiger partial charge on any atom is -0.503 e. The number of ether oxygens (including phenoxy) is 1. The van der Waals surface area contributed by atoms with Crippen LogP contribution in [0.25, 0.3) is 0 Å². The SMILES string of the molecule is CCOc1cc(C2C(C(=O)Nc3ccccc3)=C(C)Nc3nc(SCc4ccccc4Cl)nn32)cc(Br)c1O. The smallest absolute Gasteiger partial charge is 0.255 e. The predicted molar refractivity (Wildman–Crippen MR) is 158 cm³/mol.